The van der Waals surface area contributed by atoms with Crippen molar-refractivity contribution in [3.63, 3.8) is 0 Å². The molecule has 3 aromatic rings. The lowest BCUT2D eigenvalue weighted by molar-refractivity contribution is -0.142. The number of carbonyl (C=O) groups is 2. The molecular formula is C23H22Br2N2O3. The molecule has 0 bridgehead atoms. The molecule has 1 atom stereocenters. The third-order valence-corrected chi connectivity index (χ3v) is 6.21. The van der Waals surface area contributed by atoms with Crippen LogP contribution in [0.4, 0.5) is 0 Å². The maximum Gasteiger partial charge on any atom is 0.261 e. The van der Waals surface area contributed by atoms with Gasteiger partial charge in [-0.15, -0.1) is 0 Å². The number of likely N-dealkylation sites (N-methyl/N-ethyl adjacent to an activating group) is 1. The third-order valence-electron chi connectivity index (χ3n) is 4.86. The minimum atomic E-state index is -0.630. The summed E-state index contributed by atoms with van der Waals surface area (Å²) in [6, 6.07) is 18.7. The van der Waals surface area contributed by atoms with E-state index in [9.17, 15) is 9.59 Å². The lowest BCUT2D eigenvalue weighted by Crippen LogP contribution is -2.48. The van der Waals surface area contributed by atoms with E-state index in [1.54, 1.807) is 14.0 Å². The van der Waals surface area contributed by atoms with Crippen molar-refractivity contribution >= 4 is 54.4 Å². The summed E-state index contributed by atoms with van der Waals surface area (Å²) < 4.78 is 7.58. The van der Waals surface area contributed by atoms with Gasteiger partial charge in [0.2, 0.25) is 5.91 Å². The first kappa shape index (κ1) is 22.3. The smallest absolute Gasteiger partial charge is 0.261 e. The number of ether oxygens (including phenoxy) is 1. The Balaban J connectivity index is 1.78. The fraction of sp³-hybridized carbons (Fsp3) is 0.217. The van der Waals surface area contributed by atoms with Crippen LogP contribution in [0.5, 0.6) is 5.75 Å². The van der Waals surface area contributed by atoms with E-state index < -0.39 is 6.04 Å². The van der Waals surface area contributed by atoms with Gasteiger partial charge in [-0.25, -0.2) is 0 Å². The Labute approximate surface area is 192 Å². The van der Waals surface area contributed by atoms with E-state index in [2.05, 4.69) is 37.2 Å². The average Bonchev–Trinajstić information content (AvgIpc) is 2.77. The molecule has 3 rings (SSSR count). The molecule has 0 aliphatic carbocycles. The van der Waals surface area contributed by atoms with Crippen LogP contribution in [0.15, 0.2) is 69.6 Å². The fourth-order valence-corrected chi connectivity index (χ4v) is 4.00. The van der Waals surface area contributed by atoms with Gasteiger partial charge in [0, 0.05) is 18.1 Å². The van der Waals surface area contributed by atoms with Gasteiger partial charge in [0.25, 0.3) is 5.91 Å². The molecule has 0 aliphatic heterocycles. The highest BCUT2D eigenvalue weighted by molar-refractivity contribution is 9.11. The second-order valence-corrected chi connectivity index (χ2v) is 8.53. The zero-order valence-corrected chi connectivity index (χ0v) is 19.9. The number of rotatable bonds is 7. The second-order valence-electron chi connectivity index (χ2n) is 6.83. The lowest BCUT2D eigenvalue weighted by Gasteiger charge is -2.28. The van der Waals surface area contributed by atoms with Crippen molar-refractivity contribution in [1.29, 1.82) is 0 Å². The molecule has 2 amide bonds. The van der Waals surface area contributed by atoms with Crippen molar-refractivity contribution in [1.82, 2.24) is 10.2 Å². The third kappa shape index (κ3) is 5.21. The van der Waals surface area contributed by atoms with E-state index >= 15 is 0 Å². The Morgan fingerprint density at radius 1 is 1.03 bits per heavy atom. The quantitative estimate of drug-likeness (QED) is 0.469. The van der Waals surface area contributed by atoms with Crippen molar-refractivity contribution in [2.45, 2.75) is 19.5 Å². The summed E-state index contributed by atoms with van der Waals surface area (Å²) in [4.78, 5) is 26.8. The van der Waals surface area contributed by atoms with Crippen LogP contribution >= 0.6 is 31.9 Å². The molecule has 0 saturated carbocycles. The molecule has 1 N–H and O–H groups in total. The predicted molar refractivity (Wildman–Crippen MR) is 125 cm³/mol. The van der Waals surface area contributed by atoms with E-state index in [0.717, 1.165) is 25.3 Å². The van der Waals surface area contributed by atoms with Crippen molar-refractivity contribution in [2.75, 3.05) is 13.7 Å². The van der Waals surface area contributed by atoms with Crippen LogP contribution in [-0.4, -0.2) is 36.4 Å². The molecule has 0 radical (unpaired) electrons. The number of hydrogen-bond donors (Lipinski definition) is 1. The molecule has 0 unspecified atom stereocenters. The zero-order valence-electron chi connectivity index (χ0n) is 16.7. The standard InChI is InChI=1S/C23H22Br2N2O3/c1-15(23(29)26-2)27(13-16-7-10-18(24)11-8-16)21(28)14-30-20-12-9-17-5-3-4-6-19(17)22(20)25/h3-12,15H,13-14H2,1-2H3,(H,26,29)/t15-/m1/s1. The first-order valence-corrected chi connectivity index (χ1v) is 11.0. The fourth-order valence-electron chi connectivity index (χ4n) is 3.13. The molecule has 0 aromatic heterocycles. The zero-order chi connectivity index (χ0) is 21.7. The van der Waals surface area contributed by atoms with Crippen molar-refractivity contribution in [3.8, 4) is 5.75 Å². The summed E-state index contributed by atoms with van der Waals surface area (Å²) in [5.41, 5.74) is 0.925. The van der Waals surface area contributed by atoms with E-state index in [-0.39, 0.29) is 18.4 Å². The molecule has 0 aliphatic rings. The van der Waals surface area contributed by atoms with Gasteiger partial charge in [-0.2, -0.15) is 0 Å². The molecule has 5 nitrogen and oxygen atoms in total. The van der Waals surface area contributed by atoms with Gasteiger partial charge in [0.1, 0.15) is 11.8 Å². The van der Waals surface area contributed by atoms with E-state index in [4.69, 9.17) is 4.74 Å². The van der Waals surface area contributed by atoms with Crippen molar-refractivity contribution in [2.24, 2.45) is 0 Å². The number of amides is 2. The number of nitrogens with one attached hydrogen (secondary N) is 1. The highest BCUT2D eigenvalue weighted by Gasteiger charge is 2.26. The van der Waals surface area contributed by atoms with Gasteiger partial charge >= 0.3 is 0 Å². The summed E-state index contributed by atoms with van der Waals surface area (Å²) in [5, 5.41) is 4.69. The second kappa shape index (κ2) is 10.1. The van der Waals surface area contributed by atoms with Crippen LogP contribution in [0, 0.1) is 0 Å². The first-order valence-electron chi connectivity index (χ1n) is 9.46. The SMILES string of the molecule is CNC(=O)[C@@H](C)N(Cc1ccc(Br)cc1)C(=O)COc1ccc2ccccc2c1Br. The van der Waals surface area contributed by atoms with Crippen LogP contribution in [0.2, 0.25) is 0 Å². The number of fused-ring (bicyclic) bond motifs is 1. The van der Waals surface area contributed by atoms with Crippen molar-refractivity contribution < 1.29 is 14.3 Å². The monoisotopic (exact) mass is 532 g/mol. The van der Waals surface area contributed by atoms with Crippen LogP contribution in [0.25, 0.3) is 10.8 Å². The molecule has 0 fully saturated rings. The normalized spacial score (nSPS) is 11.7. The number of nitrogens with zero attached hydrogens (tertiary/aromatic N) is 1. The van der Waals surface area contributed by atoms with Gasteiger partial charge in [-0.1, -0.05) is 58.4 Å². The summed E-state index contributed by atoms with van der Waals surface area (Å²) >= 11 is 6.98. The highest BCUT2D eigenvalue weighted by atomic mass is 79.9. The first-order chi connectivity index (χ1) is 14.4. The maximum absolute atomic E-state index is 13.0. The average molecular weight is 534 g/mol. The molecule has 0 saturated heterocycles. The summed E-state index contributed by atoms with van der Waals surface area (Å²) in [7, 11) is 1.56. The summed E-state index contributed by atoms with van der Waals surface area (Å²) in [6.07, 6.45) is 0. The van der Waals surface area contributed by atoms with E-state index in [0.29, 0.717) is 12.3 Å². The summed E-state index contributed by atoms with van der Waals surface area (Å²) in [6.45, 7) is 1.85. The minimum absolute atomic E-state index is 0.172. The van der Waals surface area contributed by atoms with E-state index in [1.807, 2.05) is 60.7 Å². The Hall–Kier alpha value is -2.38. The molecule has 30 heavy (non-hydrogen) atoms. The minimum Gasteiger partial charge on any atom is -0.483 e. The molecule has 0 heterocycles. The van der Waals surface area contributed by atoms with Crippen molar-refractivity contribution in [3.05, 3.63) is 75.2 Å². The van der Waals surface area contributed by atoms with Crippen LogP contribution < -0.4 is 10.1 Å². The Morgan fingerprint density at radius 3 is 2.43 bits per heavy atom. The molecule has 3 aromatic carbocycles. The molecule has 156 valence electrons. The van der Waals surface area contributed by atoms with Gasteiger partial charge in [0.15, 0.2) is 6.61 Å². The highest BCUT2D eigenvalue weighted by Crippen LogP contribution is 2.33. The largest absolute Gasteiger partial charge is 0.483 e. The number of halogens is 2. The molecular weight excluding hydrogens is 512 g/mol. The Bertz CT molecular complexity index is 1050. The predicted octanol–water partition coefficient (Wildman–Crippen LogP) is 4.91. The topological polar surface area (TPSA) is 58.6 Å². The van der Waals surface area contributed by atoms with Gasteiger partial charge in [-0.05, 0) is 57.4 Å². The van der Waals surface area contributed by atoms with Crippen LogP contribution in [0.3, 0.4) is 0 Å². The number of benzene rings is 3. The van der Waals surface area contributed by atoms with E-state index in [1.165, 1.54) is 4.90 Å². The van der Waals surface area contributed by atoms with Crippen LogP contribution in [-0.2, 0) is 16.1 Å². The number of hydrogen-bond acceptors (Lipinski definition) is 3. The Kier molecular flexibility index (Phi) is 7.50. The van der Waals surface area contributed by atoms with Gasteiger partial charge < -0.3 is 15.0 Å². The summed E-state index contributed by atoms with van der Waals surface area (Å²) in [5.74, 6) is 0.0830. The number of carbonyl (C=O) groups excluding carboxylic acids is 2. The van der Waals surface area contributed by atoms with Crippen LogP contribution in [0.1, 0.15) is 12.5 Å². The molecule has 0 spiro atoms. The Morgan fingerprint density at radius 2 is 1.73 bits per heavy atom. The lowest BCUT2D eigenvalue weighted by atomic mass is 10.1. The van der Waals surface area contributed by atoms with Gasteiger partial charge in [-0.3, -0.25) is 9.59 Å². The van der Waals surface area contributed by atoms with Gasteiger partial charge in [0.05, 0.1) is 4.47 Å². The maximum atomic E-state index is 13.0. The molecule has 7 heteroatoms.